The van der Waals surface area contributed by atoms with E-state index in [-0.39, 0.29) is 11.5 Å². The summed E-state index contributed by atoms with van der Waals surface area (Å²) in [5.74, 6) is 2.00. The van der Waals surface area contributed by atoms with E-state index in [1.165, 1.54) is 0 Å². The summed E-state index contributed by atoms with van der Waals surface area (Å²) in [6.07, 6.45) is 4.64. The topological polar surface area (TPSA) is 58.9 Å². The fourth-order valence-corrected chi connectivity index (χ4v) is 10.6. The second kappa shape index (κ2) is 11.9. The maximum Gasteiger partial charge on any atom is 0.179 e. The molecule has 2 aliphatic carbocycles. The van der Waals surface area contributed by atoms with Crippen molar-refractivity contribution >= 4 is 32.7 Å². The molecular weight excluding hydrogens is 737 g/mol. The first-order chi connectivity index (χ1) is 29.5. The number of phenolic OH excluding ortho intramolecular Hbond substituents is 2. The highest BCUT2D eigenvalue weighted by Crippen LogP contribution is 2.58. The second-order valence-corrected chi connectivity index (χ2v) is 16.2. The Labute approximate surface area is 346 Å². The minimum Gasteiger partial charge on any atom is -0.508 e. The van der Waals surface area contributed by atoms with Crippen molar-refractivity contribution in [2.75, 3.05) is 0 Å². The zero-order valence-electron chi connectivity index (χ0n) is 32.2. The van der Waals surface area contributed by atoms with Crippen molar-refractivity contribution in [3.63, 3.8) is 0 Å². The van der Waals surface area contributed by atoms with Crippen molar-refractivity contribution in [3.05, 3.63) is 239 Å². The van der Waals surface area contributed by atoms with Gasteiger partial charge in [0.05, 0.1) is 0 Å². The number of benzene rings is 9. The molecule has 0 saturated heterocycles. The quantitative estimate of drug-likeness (QED) is 0.184. The minimum absolute atomic E-state index is 0.219. The van der Waals surface area contributed by atoms with E-state index in [1.54, 1.807) is 12.1 Å². The van der Waals surface area contributed by atoms with Crippen molar-refractivity contribution in [3.8, 4) is 45.3 Å². The lowest BCUT2D eigenvalue weighted by molar-refractivity contribution is 0.165. The van der Waals surface area contributed by atoms with E-state index in [9.17, 15) is 10.2 Å². The highest BCUT2D eigenvalue weighted by Gasteiger charge is 2.48. The molecule has 13 rings (SSSR count). The van der Waals surface area contributed by atoms with Gasteiger partial charge in [0.15, 0.2) is 11.2 Å². The average Bonchev–Trinajstić information content (AvgIpc) is 3.71. The maximum atomic E-state index is 10.6. The molecule has 0 fully saturated rings. The molecule has 2 spiro atoms. The Bertz CT molecular complexity index is 3110. The first-order valence-corrected chi connectivity index (χ1v) is 20.3. The summed E-state index contributed by atoms with van der Waals surface area (Å²) >= 11 is 0. The zero-order valence-corrected chi connectivity index (χ0v) is 32.2. The van der Waals surface area contributed by atoms with Crippen molar-refractivity contribution in [1.29, 1.82) is 0 Å². The van der Waals surface area contributed by atoms with Gasteiger partial charge < -0.3 is 19.7 Å². The Hall–Kier alpha value is -7.82. The molecule has 60 heavy (non-hydrogen) atoms. The first-order valence-electron chi connectivity index (χ1n) is 20.3. The normalized spacial score (nSPS) is 15.5. The van der Waals surface area contributed by atoms with E-state index >= 15 is 0 Å². The van der Waals surface area contributed by atoms with Gasteiger partial charge in [0, 0.05) is 33.4 Å². The lowest BCUT2D eigenvalue weighted by Crippen LogP contribution is -2.33. The predicted molar refractivity (Wildman–Crippen MR) is 238 cm³/mol. The number of aromatic hydroxyl groups is 2. The van der Waals surface area contributed by atoms with E-state index in [1.807, 2.05) is 36.4 Å². The number of rotatable bonds is 2. The first kappa shape index (κ1) is 33.2. The van der Waals surface area contributed by atoms with Gasteiger partial charge in [-0.2, -0.15) is 0 Å². The summed E-state index contributed by atoms with van der Waals surface area (Å²) < 4.78 is 14.6. The molecule has 9 aromatic carbocycles. The highest BCUT2D eigenvalue weighted by molar-refractivity contribution is 6.05. The molecule has 0 radical (unpaired) electrons. The van der Waals surface area contributed by atoms with Gasteiger partial charge in [0.1, 0.15) is 23.0 Å². The van der Waals surface area contributed by atoms with E-state index < -0.39 is 11.2 Å². The maximum absolute atomic E-state index is 10.6. The largest absolute Gasteiger partial charge is 0.508 e. The van der Waals surface area contributed by atoms with Gasteiger partial charge in [0.2, 0.25) is 0 Å². The van der Waals surface area contributed by atoms with Crippen LogP contribution in [0.2, 0.25) is 0 Å². The number of ether oxygens (including phenoxy) is 2. The Morgan fingerprint density at radius 1 is 0.350 bits per heavy atom. The Kier molecular flexibility index (Phi) is 6.57. The molecule has 4 nitrogen and oxygen atoms in total. The third-order valence-corrected chi connectivity index (χ3v) is 13.1. The lowest BCUT2D eigenvalue weighted by atomic mass is 9.79. The molecule has 0 saturated carbocycles. The van der Waals surface area contributed by atoms with Crippen LogP contribution in [0.5, 0.6) is 23.0 Å². The van der Waals surface area contributed by atoms with E-state index in [2.05, 4.69) is 146 Å². The monoisotopic (exact) mass is 770 g/mol. The standard InChI is InChI=1S/C56H34O4/c57-37-22-24-39-35(29-37)20-26-51-53(39)45(31-55(59-51)47-16-5-1-12-41(47)42-13-2-6-17-48(42)55)33-10-9-11-34(28-33)46-32-56(49-18-7-3-14-43(49)44-15-4-8-19-50(44)56)60-52-27-21-36-30-38(58)23-25-40(36)54(46)52/h1-32,57-58H. The Balaban J connectivity index is 1.10. The van der Waals surface area contributed by atoms with Gasteiger partial charge in [-0.3, -0.25) is 0 Å². The van der Waals surface area contributed by atoms with Crippen molar-refractivity contribution in [2.45, 2.75) is 11.2 Å². The molecule has 0 bridgehead atoms. The van der Waals surface area contributed by atoms with Crippen LogP contribution in [0, 0.1) is 0 Å². The molecular formula is C56H34O4. The molecule has 4 heteroatoms. The SMILES string of the molecule is Oc1ccc2c3c(ccc2c1)OC1(C=C3c2cccc(C3=CC4(Oc5ccc6cc(O)ccc6c53)c3ccccc3-c3ccccc34)c2)c2ccccc2-c2ccccc21. The van der Waals surface area contributed by atoms with Crippen molar-refractivity contribution in [1.82, 2.24) is 0 Å². The molecule has 4 aliphatic rings. The zero-order chi connectivity index (χ0) is 39.7. The van der Waals surface area contributed by atoms with Crippen LogP contribution in [0.3, 0.4) is 0 Å². The second-order valence-electron chi connectivity index (χ2n) is 16.2. The number of phenols is 2. The fraction of sp³-hybridized carbons (Fsp3) is 0.0357. The van der Waals surface area contributed by atoms with Crippen LogP contribution >= 0.6 is 0 Å². The summed E-state index contributed by atoms with van der Waals surface area (Å²) in [4.78, 5) is 0. The van der Waals surface area contributed by atoms with E-state index in [0.717, 1.165) is 111 Å². The minimum atomic E-state index is -0.875. The average molecular weight is 771 g/mol. The molecule has 0 aromatic heterocycles. The van der Waals surface area contributed by atoms with Crippen LogP contribution in [0.15, 0.2) is 194 Å². The van der Waals surface area contributed by atoms with E-state index in [4.69, 9.17) is 9.47 Å². The van der Waals surface area contributed by atoms with Crippen molar-refractivity contribution < 1.29 is 19.7 Å². The van der Waals surface area contributed by atoms with Gasteiger partial charge in [0.25, 0.3) is 0 Å². The molecule has 2 aliphatic heterocycles. The predicted octanol–water partition coefficient (Wildman–Crippen LogP) is 12.9. The van der Waals surface area contributed by atoms with Gasteiger partial charge in [-0.25, -0.2) is 0 Å². The third kappa shape index (κ3) is 4.39. The fourth-order valence-electron chi connectivity index (χ4n) is 10.6. The smallest absolute Gasteiger partial charge is 0.179 e. The molecule has 0 amide bonds. The summed E-state index contributed by atoms with van der Waals surface area (Å²) in [6, 6.07) is 62.4. The highest BCUT2D eigenvalue weighted by atomic mass is 16.5. The summed E-state index contributed by atoms with van der Waals surface area (Å²) in [5.41, 5.74) is 13.4. The van der Waals surface area contributed by atoms with Crippen LogP contribution in [-0.2, 0) is 11.2 Å². The third-order valence-electron chi connectivity index (χ3n) is 13.1. The van der Waals surface area contributed by atoms with E-state index in [0.29, 0.717) is 0 Å². The summed E-state index contributed by atoms with van der Waals surface area (Å²) in [5, 5.41) is 25.0. The molecule has 0 atom stereocenters. The Morgan fingerprint density at radius 3 is 1.13 bits per heavy atom. The van der Waals surface area contributed by atoms with Crippen LogP contribution in [0.1, 0.15) is 44.5 Å². The molecule has 2 heterocycles. The van der Waals surface area contributed by atoms with Gasteiger partial charge in [-0.05, 0) is 133 Å². The van der Waals surface area contributed by atoms with Crippen molar-refractivity contribution in [2.24, 2.45) is 0 Å². The summed E-state index contributed by atoms with van der Waals surface area (Å²) in [6.45, 7) is 0. The van der Waals surface area contributed by atoms with Crippen LogP contribution in [0.25, 0.3) is 54.9 Å². The molecule has 2 N–H and O–H groups in total. The van der Waals surface area contributed by atoms with Crippen LogP contribution in [-0.4, -0.2) is 10.2 Å². The van der Waals surface area contributed by atoms with Gasteiger partial charge >= 0.3 is 0 Å². The van der Waals surface area contributed by atoms with Crippen LogP contribution in [0.4, 0.5) is 0 Å². The molecule has 282 valence electrons. The van der Waals surface area contributed by atoms with Crippen LogP contribution < -0.4 is 9.47 Å². The Morgan fingerprint density at radius 2 is 0.733 bits per heavy atom. The molecule has 0 unspecified atom stereocenters. The number of hydrogen-bond acceptors (Lipinski definition) is 4. The summed E-state index contributed by atoms with van der Waals surface area (Å²) in [7, 11) is 0. The number of hydrogen-bond donors (Lipinski definition) is 2. The molecule has 9 aromatic rings. The lowest BCUT2D eigenvalue weighted by Gasteiger charge is -2.37. The number of fused-ring (bicyclic) bond motifs is 16. The van der Waals surface area contributed by atoms with Gasteiger partial charge in [-0.1, -0.05) is 127 Å². The van der Waals surface area contributed by atoms with Gasteiger partial charge in [-0.15, -0.1) is 0 Å².